The molecule has 2 aromatic rings. The molecular formula is C17H19ClFN3O3S. The Morgan fingerprint density at radius 3 is 2.69 bits per heavy atom. The third kappa shape index (κ3) is 3.62. The van der Waals surface area contributed by atoms with Crippen molar-refractivity contribution in [2.24, 2.45) is 0 Å². The molecule has 0 aliphatic carbocycles. The van der Waals surface area contributed by atoms with E-state index in [4.69, 9.17) is 11.6 Å². The van der Waals surface area contributed by atoms with Crippen LogP contribution < -0.4 is 0 Å². The van der Waals surface area contributed by atoms with E-state index in [0.717, 1.165) is 17.1 Å². The van der Waals surface area contributed by atoms with Crippen molar-refractivity contribution in [3.63, 3.8) is 0 Å². The van der Waals surface area contributed by atoms with E-state index in [9.17, 15) is 17.6 Å². The summed E-state index contributed by atoms with van der Waals surface area (Å²) in [5.41, 5.74) is 0.326. The van der Waals surface area contributed by atoms with Crippen LogP contribution in [0.4, 0.5) is 4.39 Å². The number of halogens is 2. The summed E-state index contributed by atoms with van der Waals surface area (Å²) in [6.07, 6.45) is 3.17. The lowest BCUT2D eigenvalue weighted by Crippen LogP contribution is -2.28. The minimum atomic E-state index is -3.90. The molecule has 0 spiro atoms. The molecule has 1 aromatic heterocycles. The fourth-order valence-corrected chi connectivity index (χ4v) is 4.26. The Hall–Kier alpha value is -1.90. The maximum absolute atomic E-state index is 13.9. The van der Waals surface area contributed by atoms with E-state index < -0.39 is 15.8 Å². The Morgan fingerprint density at radius 2 is 2.04 bits per heavy atom. The lowest BCUT2D eigenvalue weighted by atomic mass is 10.2. The van der Waals surface area contributed by atoms with Crippen molar-refractivity contribution in [3.05, 3.63) is 52.6 Å². The summed E-state index contributed by atoms with van der Waals surface area (Å²) < 4.78 is 40.4. The molecule has 0 atom stereocenters. The number of sulfonamides is 1. The van der Waals surface area contributed by atoms with Crippen LogP contribution in [0.3, 0.4) is 0 Å². The average Bonchev–Trinajstić information content (AvgIpc) is 3.29. The quantitative estimate of drug-likeness (QED) is 0.840. The molecule has 1 aliphatic heterocycles. The van der Waals surface area contributed by atoms with Gasteiger partial charge in [-0.25, -0.2) is 12.8 Å². The van der Waals surface area contributed by atoms with Crippen LogP contribution in [0.5, 0.6) is 0 Å². The van der Waals surface area contributed by atoms with E-state index in [1.807, 2.05) is 0 Å². The number of benzene rings is 1. The highest BCUT2D eigenvalue weighted by Gasteiger charge is 2.27. The van der Waals surface area contributed by atoms with Crippen LogP contribution in [0.15, 0.2) is 35.4 Å². The van der Waals surface area contributed by atoms with Gasteiger partial charge in [-0.05, 0) is 31.0 Å². The van der Waals surface area contributed by atoms with E-state index in [1.165, 1.54) is 37.5 Å². The van der Waals surface area contributed by atoms with Crippen molar-refractivity contribution in [2.75, 3.05) is 20.1 Å². The number of nitrogens with zero attached hydrogens (tertiary/aromatic N) is 2. The van der Waals surface area contributed by atoms with Gasteiger partial charge in [0, 0.05) is 43.5 Å². The Kier molecular flexibility index (Phi) is 5.36. The average molecular weight is 400 g/mol. The molecular weight excluding hydrogens is 381 g/mol. The van der Waals surface area contributed by atoms with Gasteiger partial charge in [0.2, 0.25) is 10.0 Å². The van der Waals surface area contributed by atoms with Gasteiger partial charge in [0.15, 0.2) is 0 Å². The zero-order valence-electron chi connectivity index (χ0n) is 14.2. The number of aromatic nitrogens is 1. The van der Waals surface area contributed by atoms with Crippen LogP contribution in [0.1, 0.15) is 28.9 Å². The minimum absolute atomic E-state index is 0.0463. The molecule has 0 unspecified atom stereocenters. The normalized spacial score (nSPS) is 15.0. The zero-order valence-corrected chi connectivity index (χ0v) is 15.8. The molecule has 0 bridgehead atoms. The first-order valence-corrected chi connectivity index (χ1v) is 9.99. The van der Waals surface area contributed by atoms with Crippen molar-refractivity contribution in [1.29, 1.82) is 0 Å². The van der Waals surface area contributed by atoms with Crippen molar-refractivity contribution < 1.29 is 17.6 Å². The molecule has 1 N–H and O–H groups in total. The second-order valence-electron chi connectivity index (χ2n) is 6.21. The Labute approximate surface area is 156 Å². The van der Waals surface area contributed by atoms with Gasteiger partial charge in [0.05, 0.1) is 0 Å². The number of likely N-dealkylation sites (tertiary alicyclic amines) is 1. The first-order valence-electron chi connectivity index (χ1n) is 8.17. The maximum atomic E-state index is 13.9. The Morgan fingerprint density at radius 1 is 1.35 bits per heavy atom. The number of carbonyl (C=O) groups excluding carboxylic acids is 1. The molecule has 3 rings (SSSR count). The number of hydrogen-bond acceptors (Lipinski definition) is 3. The topological polar surface area (TPSA) is 73.5 Å². The van der Waals surface area contributed by atoms with Gasteiger partial charge in [0.25, 0.3) is 5.91 Å². The summed E-state index contributed by atoms with van der Waals surface area (Å²) in [7, 11) is -2.56. The van der Waals surface area contributed by atoms with Gasteiger partial charge in [-0.15, -0.1) is 0 Å². The second-order valence-corrected chi connectivity index (χ2v) is 8.66. The fourth-order valence-electron chi connectivity index (χ4n) is 2.91. The lowest BCUT2D eigenvalue weighted by molar-refractivity contribution is 0.0787. The molecule has 9 heteroatoms. The van der Waals surface area contributed by atoms with Crippen LogP contribution in [0, 0.1) is 5.82 Å². The molecule has 0 saturated carbocycles. The highest BCUT2D eigenvalue weighted by molar-refractivity contribution is 7.89. The van der Waals surface area contributed by atoms with Crippen LogP contribution in [-0.4, -0.2) is 48.7 Å². The highest BCUT2D eigenvalue weighted by Crippen LogP contribution is 2.24. The number of H-pyrrole nitrogens is 1. The standard InChI is InChI=1S/C17H19ClFN3O3S/c1-21(11-13-14(18)5-4-6-15(13)19)26(24,25)12-9-16(20-10-12)17(23)22-7-2-3-8-22/h4-6,9-10,20H,2-3,7-8,11H2,1H3. The van der Waals surface area contributed by atoms with Gasteiger partial charge in [0.1, 0.15) is 16.4 Å². The minimum Gasteiger partial charge on any atom is -0.356 e. The van der Waals surface area contributed by atoms with Crippen molar-refractivity contribution >= 4 is 27.5 Å². The number of rotatable bonds is 5. The molecule has 6 nitrogen and oxygen atoms in total. The van der Waals surface area contributed by atoms with E-state index in [2.05, 4.69) is 4.98 Å². The third-order valence-electron chi connectivity index (χ3n) is 4.43. The second kappa shape index (κ2) is 7.38. The van der Waals surface area contributed by atoms with Crippen LogP contribution in [-0.2, 0) is 16.6 Å². The van der Waals surface area contributed by atoms with Crippen LogP contribution in [0.25, 0.3) is 0 Å². The molecule has 26 heavy (non-hydrogen) atoms. The van der Waals surface area contributed by atoms with Gasteiger partial charge in [-0.3, -0.25) is 4.79 Å². The largest absolute Gasteiger partial charge is 0.356 e. The smallest absolute Gasteiger partial charge is 0.270 e. The number of aromatic amines is 1. The van der Waals surface area contributed by atoms with Gasteiger partial charge < -0.3 is 9.88 Å². The van der Waals surface area contributed by atoms with E-state index in [0.29, 0.717) is 13.1 Å². The van der Waals surface area contributed by atoms with Crippen LogP contribution >= 0.6 is 11.6 Å². The monoisotopic (exact) mass is 399 g/mol. The summed E-state index contributed by atoms with van der Waals surface area (Å²) in [5, 5.41) is 0.158. The van der Waals surface area contributed by atoms with E-state index >= 15 is 0 Å². The molecule has 1 aliphatic rings. The number of carbonyl (C=O) groups is 1. The fraction of sp³-hybridized carbons (Fsp3) is 0.353. The molecule has 0 radical (unpaired) electrons. The number of hydrogen-bond donors (Lipinski definition) is 1. The molecule has 140 valence electrons. The first-order chi connectivity index (χ1) is 12.3. The lowest BCUT2D eigenvalue weighted by Gasteiger charge is -2.17. The van der Waals surface area contributed by atoms with E-state index in [-0.39, 0.29) is 33.6 Å². The highest BCUT2D eigenvalue weighted by atomic mass is 35.5. The van der Waals surface area contributed by atoms with Crippen LogP contribution in [0.2, 0.25) is 5.02 Å². The Bertz CT molecular complexity index is 903. The summed E-state index contributed by atoms with van der Waals surface area (Å²) in [5.74, 6) is -0.790. The van der Waals surface area contributed by atoms with Crippen molar-refractivity contribution in [2.45, 2.75) is 24.3 Å². The summed E-state index contributed by atoms with van der Waals surface area (Å²) >= 11 is 5.97. The summed E-state index contributed by atoms with van der Waals surface area (Å²) in [6, 6.07) is 5.50. The maximum Gasteiger partial charge on any atom is 0.270 e. The summed E-state index contributed by atoms with van der Waals surface area (Å²) in [4.78, 5) is 16.7. The predicted molar refractivity (Wildman–Crippen MR) is 96.0 cm³/mol. The van der Waals surface area contributed by atoms with Crippen molar-refractivity contribution in [3.8, 4) is 0 Å². The number of amides is 1. The SMILES string of the molecule is CN(Cc1c(F)cccc1Cl)S(=O)(=O)c1c[nH]c(C(=O)N2CCCC2)c1. The van der Waals surface area contributed by atoms with Gasteiger partial charge >= 0.3 is 0 Å². The predicted octanol–water partition coefficient (Wildman–Crippen LogP) is 2.86. The third-order valence-corrected chi connectivity index (χ3v) is 6.57. The molecule has 1 aromatic carbocycles. The molecule has 2 heterocycles. The van der Waals surface area contributed by atoms with Gasteiger partial charge in [-0.1, -0.05) is 17.7 Å². The summed E-state index contributed by atoms with van der Waals surface area (Å²) in [6.45, 7) is 1.13. The molecule has 1 fully saturated rings. The first kappa shape index (κ1) is 18.9. The Balaban J connectivity index is 1.80. The van der Waals surface area contributed by atoms with E-state index in [1.54, 1.807) is 4.90 Å². The van der Waals surface area contributed by atoms with Gasteiger partial charge in [-0.2, -0.15) is 4.31 Å². The number of nitrogens with one attached hydrogen (secondary N) is 1. The molecule has 1 saturated heterocycles. The molecule has 1 amide bonds. The van der Waals surface area contributed by atoms with Crippen molar-refractivity contribution in [1.82, 2.24) is 14.2 Å². The zero-order chi connectivity index (χ0) is 18.9.